The van der Waals surface area contributed by atoms with Crippen LogP contribution in [0.15, 0.2) is 12.2 Å². The fraction of sp³-hybridized carbons (Fsp3) is 0.769. The number of rotatable bonds is 7. The molecule has 2 atom stereocenters. The Morgan fingerprint density at radius 2 is 2.00 bits per heavy atom. The van der Waals surface area contributed by atoms with Gasteiger partial charge in [-0.3, -0.25) is 4.79 Å². The monoisotopic (exact) mass is 259 g/mol. The summed E-state index contributed by atoms with van der Waals surface area (Å²) in [6, 6.07) is 0.237. The Morgan fingerprint density at radius 1 is 1.41 bits per heavy atom. The number of hydrogen-bond donors (Lipinski definition) is 1. The van der Waals surface area contributed by atoms with Crippen molar-refractivity contribution in [1.82, 2.24) is 4.72 Å². The molecule has 0 aromatic heterocycles. The van der Waals surface area contributed by atoms with Crippen LogP contribution in [0.4, 0.5) is 0 Å². The first-order valence-corrected chi connectivity index (χ1v) is 7.23. The average Bonchev–Trinajstić information content (AvgIpc) is 2.15. The van der Waals surface area contributed by atoms with Crippen molar-refractivity contribution >= 4 is 16.8 Å². The first-order valence-electron chi connectivity index (χ1n) is 6.08. The molecule has 0 aliphatic carbocycles. The van der Waals surface area contributed by atoms with Crippen molar-refractivity contribution in [2.24, 2.45) is 0 Å². The third-order valence-electron chi connectivity index (χ3n) is 2.22. The normalized spacial score (nSPS) is 16.1. The highest BCUT2D eigenvalue weighted by atomic mass is 32.2. The van der Waals surface area contributed by atoms with Crippen LogP contribution in [-0.4, -0.2) is 20.8 Å². The molecular weight excluding hydrogens is 234 g/mol. The number of carbonyl (C=O) groups is 1. The maximum absolute atomic E-state index is 11.8. The summed E-state index contributed by atoms with van der Waals surface area (Å²) in [5.74, 6) is 0.0880. The predicted octanol–water partition coefficient (Wildman–Crippen LogP) is 2.74. The van der Waals surface area contributed by atoms with Gasteiger partial charge in [0.1, 0.15) is 0 Å². The Hall–Kier alpha value is -0.480. The first kappa shape index (κ1) is 16.5. The molecule has 0 fully saturated rings. The predicted molar refractivity (Wildman–Crippen MR) is 74.2 cm³/mol. The van der Waals surface area contributed by atoms with Crippen molar-refractivity contribution in [1.29, 1.82) is 0 Å². The minimum absolute atomic E-state index is 0.0880. The van der Waals surface area contributed by atoms with Crippen LogP contribution in [0.1, 0.15) is 53.9 Å². The van der Waals surface area contributed by atoms with E-state index in [9.17, 15) is 9.00 Å². The number of allylic oxidation sites excluding steroid dienone is 2. The third-order valence-corrected chi connectivity index (χ3v) is 3.95. The summed E-state index contributed by atoms with van der Waals surface area (Å²) in [4.78, 5) is 10.7. The van der Waals surface area contributed by atoms with Gasteiger partial charge in [0.05, 0.1) is 15.7 Å². The molecule has 0 aliphatic heterocycles. The van der Waals surface area contributed by atoms with E-state index >= 15 is 0 Å². The molecule has 0 aromatic carbocycles. The van der Waals surface area contributed by atoms with Gasteiger partial charge >= 0.3 is 0 Å². The second-order valence-corrected chi connectivity index (χ2v) is 7.34. The molecule has 0 heterocycles. The molecular formula is C13H25NO2S. The molecule has 0 aromatic rings. The van der Waals surface area contributed by atoms with Crippen LogP contribution in [0.5, 0.6) is 0 Å². The fourth-order valence-corrected chi connectivity index (χ4v) is 2.05. The maximum Gasteiger partial charge on any atom is 0.152 e. The highest BCUT2D eigenvalue weighted by Crippen LogP contribution is 2.11. The van der Waals surface area contributed by atoms with Gasteiger partial charge in [-0.05, 0) is 60.0 Å². The molecule has 0 saturated heterocycles. The minimum Gasteiger partial charge on any atom is -0.295 e. The van der Waals surface area contributed by atoms with Gasteiger partial charge in [-0.15, -0.1) is 0 Å². The molecule has 100 valence electrons. The molecule has 3 nitrogen and oxygen atoms in total. The number of unbranched alkanes of at least 4 members (excludes halogenated alkanes) is 1. The van der Waals surface area contributed by atoms with Gasteiger partial charge in [-0.2, -0.15) is 0 Å². The van der Waals surface area contributed by atoms with Crippen molar-refractivity contribution in [2.75, 3.05) is 0 Å². The number of carbonyl (C=O) groups excluding carboxylic acids is 1. The Kier molecular flexibility index (Phi) is 7.55. The molecule has 17 heavy (non-hydrogen) atoms. The summed E-state index contributed by atoms with van der Waals surface area (Å²) in [7, 11) is -1.00. The lowest BCUT2D eigenvalue weighted by atomic mass is 10.1. The van der Waals surface area contributed by atoms with E-state index < -0.39 is 11.0 Å². The summed E-state index contributed by atoms with van der Waals surface area (Å²) < 4.78 is 14.7. The van der Waals surface area contributed by atoms with Crippen LogP contribution >= 0.6 is 0 Å². The zero-order valence-electron chi connectivity index (χ0n) is 11.6. The Balaban J connectivity index is 3.78. The Labute approximate surface area is 108 Å². The van der Waals surface area contributed by atoms with E-state index in [0.29, 0.717) is 0 Å². The molecule has 1 N–H and O–H groups in total. The van der Waals surface area contributed by atoms with Crippen molar-refractivity contribution in [3.8, 4) is 0 Å². The number of ketones is 1. The van der Waals surface area contributed by atoms with Crippen LogP contribution < -0.4 is 4.72 Å². The lowest BCUT2D eigenvalue weighted by Gasteiger charge is -2.21. The van der Waals surface area contributed by atoms with Crippen LogP contribution in [0.3, 0.4) is 0 Å². The molecule has 4 heteroatoms. The molecule has 0 saturated carbocycles. The third kappa shape index (κ3) is 9.24. The molecule has 0 aliphatic rings. The smallest absolute Gasteiger partial charge is 0.152 e. The zero-order chi connectivity index (χ0) is 13.5. The molecule has 0 bridgehead atoms. The van der Waals surface area contributed by atoms with E-state index in [1.807, 2.05) is 33.8 Å². The van der Waals surface area contributed by atoms with Crippen molar-refractivity contribution in [3.63, 3.8) is 0 Å². The van der Waals surface area contributed by atoms with E-state index in [1.165, 1.54) is 0 Å². The van der Waals surface area contributed by atoms with Crippen LogP contribution in [0.2, 0.25) is 0 Å². The van der Waals surface area contributed by atoms with Gasteiger partial charge in [0.2, 0.25) is 0 Å². The zero-order valence-corrected chi connectivity index (χ0v) is 12.4. The largest absolute Gasteiger partial charge is 0.295 e. The van der Waals surface area contributed by atoms with Gasteiger partial charge in [0.25, 0.3) is 0 Å². The van der Waals surface area contributed by atoms with Gasteiger partial charge in [-0.1, -0.05) is 6.08 Å². The summed E-state index contributed by atoms with van der Waals surface area (Å²) in [6.07, 6.45) is 6.36. The Bertz CT molecular complexity index is 292. The molecule has 0 amide bonds. The molecule has 0 unspecified atom stereocenters. The maximum atomic E-state index is 11.8. The SMILES string of the molecule is CC(=O)/C=C/CCC[C@@H](C)N[S@@](=O)C(C)(C)C. The first-order chi connectivity index (χ1) is 7.73. The van der Waals surface area contributed by atoms with E-state index in [0.717, 1.165) is 19.3 Å². The van der Waals surface area contributed by atoms with Crippen LogP contribution in [-0.2, 0) is 15.8 Å². The summed E-state index contributed by atoms with van der Waals surface area (Å²) in [5, 5.41) is 0. The average molecular weight is 259 g/mol. The van der Waals surface area contributed by atoms with Crippen LogP contribution in [0, 0.1) is 0 Å². The van der Waals surface area contributed by atoms with Crippen LogP contribution in [0.25, 0.3) is 0 Å². The topological polar surface area (TPSA) is 46.2 Å². The quantitative estimate of drug-likeness (QED) is 0.564. The van der Waals surface area contributed by atoms with Gasteiger partial charge in [0.15, 0.2) is 5.78 Å². The van der Waals surface area contributed by atoms with Gasteiger partial charge < -0.3 is 0 Å². The van der Waals surface area contributed by atoms with E-state index in [-0.39, 0.29) is 16.6 Å². The minimum atomic E-state index is -1.00. The lowest BCUT2D eigenvalue weighted by molar-refractivity contribution is -0.112. The molecule has 0 rings (SSSR count). The van der Waals surface area contributed by atoms with E-state index in [1.54, 1.807) is 13.0 Å². The van der Waals surface area contributed by atoms with E-state index in [2.05, 4.69) is 4.72 Å². The number of hydrogen-bond acceptors (Lipinski definition) is 2. The summed E-state index contributed by atoms with van der Waals surface area (Å²) in [5.41, 5.74) is 0. The van der Waals surface area contributed by atoms with Crippen molar-refractivity contribution in [2.45, 2.75) is 64.7 Å². The molecule has 0 spiro atoms. The highest BCUT2D eigenvalue weighted by Gasteiger charge is 2.20. The Morgan fingerprint density at radius 3 is 2.47 bits per heavy atom. The molecule has 0 radical (unpaired) electrons. The number of nitrogens with one attached hydrogen (secondary N) is 1. The van der Waals surface area contributed by atoms with Crippen molar-refractivity contribution in [3.05, 3.63) is 12.2 Å². The summed E-state index contributed by atoms with van der Waals surface area (Å²) in [6.45, 7) is 9.46. The van der Waals surface area contributed by atoms with Crippen molar-refractivity contribution < 1.29 is 9.00 Å². The highest BCUT2D eigenvalue weighted by molar-refractivity contribution is 7.84. The van der Waals surface area contributed by atoms with Gasteiger partial charge in [0, 0.05) is 6.04 Å². The second kappa shape index (κ2) is 7.77. The van der Waals surface area contributed by atoms with E-state index in [4.69, 9.17) is 0 Å². The summed E-state index contributed by atoms with van der Waals surface area (Å²) >= 11 is 0. The standard InChI is InChI=1S/C13H25NO2S/c1-11(14-17(16)13(3,4)5)9-7-6-8-10-12(2)15/h8,10-11,14H,6-7,9H2,1-5H3/b10-8+/t11-,17+/m1/s1. The second-order valence-electron chi connectivity index (χ2n) is 5.34. The fourth-order valence-electron chi connectivity index (χ4n) is 1.21. The lowest BCUT2D eigenvalue weighted by Crippen LogP contribution is -2.38. The van der Waals surface area contributed by atoms with Gasteiger partial charge in [-0.25, -0.2) is 8.93 Å².